The molecule has 0 aliphatic carbocycles. The molecule has 1 unspecified atom stereocenters. The minimum absolute atomic E-state index is 0.196. The second-order valence-electron chi connectivity index (χ2n) is 3.15. The van der Waals surface area contributed by atoms with Gasteiger partial charge in [-0.2, -0.15) is 0 Å². The van der Waals surface area contributed by atoms with Crippen molar-refractivity contribution in [2.75, 3.05) is 18.5 Å². The number of hydrogen-bond acceptors (Lipinski definition) is 5. The van der Waals surface area contributed by atoms with Crippen LogP contribution in [-0.4, -0.2) is 34.8 Å². The number of carboxylic acid groups (broad SMARTS) is 1. The number of hydrogen-bond donors (Lipinski definition) is 2. The molecule has 1 aliphatic rings. The predicted octanol–water partition coefficient (Wildman–Crippen LogP) is 0.799. The molecule has 1 aromatic rings. The molecule has 0 radical (unpaired) electrons. The average Bonchev–Trinajstić information content (AvgIpc) is 2.76. The predicted molar refractivity (Wildman–Crippen MR) is 51.5 cm³/mol. The molecule has 0 spiro atoms. The Morgan fingerprint density at radius 3 is 3.14 bits per heavy atom. The van der Waals surface area contributed by atoms with Gasteiger partial charge in [0.2, 0.25) is 0 Å². The molecule has 14 heavy (non-hydrogen) atoms. The maximum atomic E-state index is 11.1. The van der Waals surface area contributed by atoms with E-state index in [0.29, 0.717) is 18.2 Å². The first-order valence-corrected chi connectivity index (χ1v) is 5.10. The second-order valence-corrected chi connectivity index (χ2v) is 4.05. The van der Waals surface area contributed by atoms with Crippen molar-refractivity contribution in [3.05, 3.63) is 11.6 Å². The Kier molecular flexibility index (Phi) is 2.39. The van der Waals surface area contributed by atoms with Crippen LogP contribution < -0.4 is 5.32 Å². The van der Waals surface area contributed by atoms with Crippen molar-refractivity contribution in [3.8, 4) is 0 Å². The highest BCUT2D eigenvalue weighted by Crippen LogP contribution is 2.25. The van der Waals surface area contributed by atoms with E-state index < -0.39 is 11.5 Å². The molecule has 1 saturated heterocycles. The minimum atomic E-state index is -0.988. The maximum absolute atomic E-state index is 11.1. The fourth-order valence-electron chi connectivity index (χ4n) is 1.38. The molecule has 2 heterocycles. The van der Waals surface area contributed by atoms with Gasteiger partial charge in [0.1, 0.15) is 0 Å². The van der Waals surface area contributed by atoms with Gasteiger partial charge in [-0.25, -0.2) is 9.78 Å². The van der Waals surface area contributed by atoms with E-state index in [1.165, 1.54) is 11.3 Å². The van der Waals surface area contributed by atoms with E-state index in [1.54, 1.807) is 11.6 Å². The Hall–Kier alpha value is -1.14. The topological polar surface area (TPSA) is 71.5 Å². The molecule has 0 saturated carbocycles. The lowest BCUT2D eigenvalue weighted by Gasteiger charge is -2.22. The number of carbonyl (C=O) groups is 1. The number of aliphatic carboxylic acids is 1. The molecule has 0 aromatic carbocycles. The van der Waals surface area contributed by atoms with Crippen LogP contribution in [0.15, 0.2) is 11.6 Å². The second kappa shape index (κ2) is 3.55. The molecule has 5 nitrogen and oxygen atoms in total. The third-order valence-corrected chi connectivity index (χ3v) is 2.90. The van der Waals surface area contributed by atoms with Crippen LogP contribution in [-0.2, 0) is 9.53 Å². The number of nitrogens with zero attached hydrogens (tertiary/aromatic N) is 1. The average molecular weight is 214 g/mol. The molecule has 76 valence electrons. The summed E-state index contributed by atoms with van der Waals surface area (Å²) in [6.07, 6.45) is 2.11. The van der Waals surface area contributed by atoms with Crippen molar-refractivity contribution in [1.29, 1.82) is 0 Å². The van der Waals surface area contributed by atoms with E-state index in [4.69, 9.17) is 9.84 Å². The summed E-state index contributed by atoms with van der Waals surface area (Å²) in [4.78, 5) is 15.1. The van der Waals surface area contributed by atoms with Gasteiger partial charge < -0.3 is 15.2 Å². The van der Waals surface area contributed by atoms with Crippen LogP contribution in [0, 0.1) is 0 Å². The summed E-state index contributed by atoms with van der Waals surface area (Å²) in [5, 5.41) is 14.4. The highest BCUT2D eigenvalue weighted by molar-refractivity contribution is 7.13. The van der Waals surface area contributed by atoms with Crippen molar-refractivity contribution in [2.45, 2.75) is 12.0 Å². The van der Waals surface area contributed by atoms with Gasteiger partial charge in [-0.1, -0.05) is 0 Å². The molecular weight excluding hydrogens is 204 g/mol. The Balaban J connectivity index is 2.16. The zero-order chi connectivity index (χ0) is 10.0. The third-order valence-electron chi connectivity index (χ3n) is 2.21. The van der Waals surface area contributed by atoms with Gasteiger partial charge in [-0.15, -0.1) is 11.3 Å². The van der Waals surface area contributed by atoms with E-state index in [9.17, 15) is 4.79 Å². The highest BCUT2D eigenvalue weighted by Gasteiger charge is 2.43. The van der Waals surface area contributed by atoms with Crippen molar-refractivity contribution in [3.63, 3.8) is 0 Å². The molecular formula is C8H10N2O3S. The Labute approximate surface area is 84.7 Å². The number of aromatic nitrogens is 1. The SMILES string of the molecule is O=C(O)C1(Nc2nccs2)CCOC1. The molecule has 2 N–H and O–H groups in total. The maximum Gasteiger partial charge on any atom is 0.331 e. The monoisotopic (exact) mass is 214 g/mol. The molecule has 6 heteroatoms. The number of carboxylic acids is 1. The third kappa shape index (κ3) is 1.58. The van der Waals surface area contributed by atoms with Gasteiger partial charge in [0, 0.05) is 24.6 Å². The van der Waals surface area contributed by atoms with Gasteiger partial charge in [0.25, 0.3) is 0 Å². The summed E-state index contributed by atoms with van der Waals surface area (Å²) in [6, 6.07) is 0. The van der Waals surface area contributed by atoms with E-state index in [0.717, 1.165) is 0 Å². The van der Waals surface area contributed by atoms with Crippen LogP contribution in [0.5, 0.6) is 0 Å². The quantitative estimate of drug-likeness (QED) is 0.778. The van der Waals surface area contributed by atoms with E-state index >= 15 is 0 Å². The Morgan fingerprint density at radius 1 is 1.79 bits per heavy atom. The number of ether oxygens (including phenoxy) is 1. The number of nitrogens with one attached hydrogen (secondary N) is 1. The molecule has 1 aromatic heterocycles. The Bertz CT molecular complexity index is 319. The number of anilines is 1. The highest BCUT2D eigenvalue weighted by atomic mass is 32.1. The lowest BCUT2D eigenvalue weighted by atomic mass is 10.00. The normalized spacial score (nSPS) is 26.3. The van der Waals surface area contributed by atoms with Gasteiger partial charge in [0.15, 0.2) is 10.7 Å². The van der Waals surface area contributed by atoms with Gasteiger partial charge in [-0.3, -0.25) is 0 Å². The first-order chi connectivity index (χ1) is 6.73. The summed E-state index contributed by atoms with van der Waals surface area (Å²) in [7, 11) is 0. The van der Waals surface area contributed by atoms with Crippen molar-refractivity contribution < 1.29 is 14.6 Å². The first kappa shape index (κ1) is 9.42. The fourth-order valence-corrected chi connectivity index (χ4v) is 2.00. The van der Waals surface area contributed by atoms with Gasteiger partial charge in [-0.05, 0) is 0 Å². The Morgan fingerprint density at radius 2 is 2.64 bits per heavy atom. The lowest BCUT2D eigenvalue weighted by molar-refractivity contribution is -0.142. The first-order valence-electron chi connectivity index (χ1n) is 4.22. The van der Waals surface area contributed by atoms with E-state index in [-0.39, 0.29) is 6.61 Å². The smallest absolute Gasteiger partial charge is 0.331 e. The molecule has 1 atom stereocenters. The van der Waals surface area contributed by atoms with Crippen LogP contribution in [0.2, 0.25) is 0 Å². The summed E-state index contributed by atoms with van der Waals surface area (Å²) < 4.78 is 5.10. The summed E-state index contributed by atoms with van der Waals surface area (Å²) >= 11 is 1.38. The lowest BCUT2D eigenvalue weighted by Crippen LogP contribution is -2.46. The minimum Gasteiger partial charge on any atom is -0.479 e. The summed E-state index contributed by atoms with van der Waals surface area (Å²) in [5.74, 6) is -0.884. The molecule has 1 aliphatic heterocycles. The fraction of sp³-hybridized carbons (Fsp3) is 0.500. The van der Waals surface area contributed by atoms with E-state index in [1.807, 2.05) is 0 Å². The van der Waals surface area contributed by atoms with Crippen molar-refractivity contribution in [2.24, 2.45) is 0 Å². The van der Waals surface area contributed by atoms with Crippen LogP contribution in [0.4, 0.5) is 5.13 Å². The largest absolute Gasteiger partial charge is 0.479 e. The number of rotatable bonds is 3. The van der Waals surface area contributed by atoms with E-state index in [2.05, 4.69) is 10.3 Å². The zero-order valence-electron chi connectivity index (χ0n) is 7.40. The summed E-state index contributed by atoms with van der Waals surface area (Å²) in [5.41, 5.74) is -0.988. The van der Waals surface area contributed by atoms with Crippen LogP contribution in [0.1, 0.15) is 6.42 Å². The van der Waals surface area contributed by atoms with Crippen LogP contribution in [0.25, 0.3) is 0 Å². The summed E-state index contributed by atoms with van der Waals surface area (Å²) in [6.45, 7) is 0.673. The molecule has 2 rings (SSSR count). The van der Waals surface area contributed by atoms with Crippen LogP contribution in [0.3, 0.4) is 0 Å². The molecule has 1 fully saturated rings. The standard InChI is InChI=1S/C8H10N2O3S/c11-6(12)8(1-3-13-5-8)10-7-9-2-4-14-7/h2,4H,1,3,5H2,(H,9,10)(H,11,12). The van der Waals surface area contributed by atoms with Crippen molar-refractivity contribution >= 4 is 22.4 Å². The zero-order valence-corrected chi connectivity index (χ0v) is 8.21. The molecule has 0 bridgehead atoms. The van der Waals surface area contributed by atoms with Crippen LogP contribution >= 0.6 is 11.3 Å². The van der Waals surface area contributed by atoms with Gasteiger partial charge >= 0.3 is 5.97 Å². The van der Waals surface area contributed by atoms with Gasteiger partial charge in [0.05, 0.1) is 6.61 Å². The molecule has 0 amide bonds. The number of thiazole rings is 1. The van der Waals surface area contributed by atoms with Crippen molar-refractivity contribution in [1.82, 2.24) is 4.98 Å².